The van der Waals surface area contributed by atoms with Crippen LogP contribution in [0.25, 0.3) is 0 Å². The van der Waals surface area contributed by atoms with Crippen LogP contribution in [0.5, 0.6) is 0 Å². The number of nitrogens with zero attached hydrogens (tertiary/aromatic N) is 1. The predicted molar refractivity (Wildman–Crippen MR) is 46.8 cm³/mol. The number of rotatable bonds is 0. The summed E-state index contributed by atoms with van der Waals surface area (Å²) in [5, 5.41) is 3.36. The van der Waals surface area contributed by atoms with Gasteiger partial charge in [-0.05, 0) is 20.9 Å². The molecule has 0 saturated carbocycles. The van der Waals surface area contributed by atoms with Crippen molar-refractivity contribution in [1.29, 1.82) is 0 Å². The van der Waals surface area contributed by atoms with Crippen LogP contribution in [0, 0.1) is 0 Å². The molecule has 0 bridgehead atoms. The van der Waals surface area contributed by atoms with Gasteiger partial charge in [-0.25, -0.2) is 0 Å². The molecule has 0 aromatic rings. The van der Waals surface area contributed by atoms with Gasteiger partial charge in [0.2, 0.25) is 0 Å². The van der Waals surface area contributed by atoms with Crippen LogP contribution in [0.1, 0.15) is 13.8 Å². The molecule has 3 heteroatoms. The third-order valence-electron chi connectivity index (χ3n) is 2.21. The molecular formula is C7H17ClN2. The van der Waals surface area contributed by atoms with E-state index in [1.807, 2.05) is 0 Å². The Morgan fingerprint density at radius 1 is 1.40 bits per heavy atom. The lowest BCUT2D eigenvalue weighted by molar-refractivity contribution is 0.123. The van der Waals surface area contributed by atoms with Crippen molar-refractivity contribution in [3.63, 3.8) is 0 Å². The molecule has 1 aliphatic heterocycles. The van der Waals surface area contributed by atoms with Crippen LogP contribution in [-0.4, -0.2) is 37.1 Å². The minimum atomic E-state index is 0. The fraction of sp³-hybridized carbons (Fsp3) is 1.00. The van der Waals surface area contributed by atoms with E-state index < -0.39 is 0 Å². The summed E-state index contributed by atoms with van der Waals surface area (Å²) >= 11 is 0. The Bertz CT molecular complexity index is 104. The van der Waals surface area contributed by atoms with Crippen molar-refractivity contribution in [2.24, 2.45) is 0 Å². The molecule has 0 atom stereocenters. The minimum absolute atomic E-state index is 0. The average molecular weight is 165 g/mol. The molecule has 0 aliphatic carbocycles. The van der Waals surface area contributed by atoms with E-state index in [2.05, 4.69) is 31.1 Å². The summed E-state index contributed by atoms with van der Waals surface area (Å²) in [6.45, 7) is 7.95. The van der Waals surface area contributed by atoms with Crippen molar-refractivity contribution >= 4 is 12.4 Å². The first-order chi connectivity index (χ1) is 4.13. The van der Waals surface area contributed by atoms with E-state index in [0.717, 1.165) is 13.1 Å². The normalized spacial score (nSPS) is 25.5. The predicted octanol–water partition coefficient (Wildman–Crippen LogP) is 0.722. The maximum Gasteiger partial charge on any atom is 0.0275 e. The smallest absolute Gasteiger partial charge is 0.0275 e. The first kappa shape index (κ1) is 10.2. The maximum absolute atomic E-state index is 3.36. The second-order valence-electron chi connectivity index (χ2n) is 3.41. The van der Waals surface area contributed by atoms with Gasteiger partial charge in [-0.1, -0.05) is 0 Å². The fourth-order valence-corrected chi connectivity index (χ4v) is 1.08. The SMILES string of the molecule is CN1CCNCC1(C)C.Cl. The minimum Gasteiger partial charge on any atom is -0.314 e. The van der Waals surface area contributed by atoms with Crippen molar-refractivity contribution in [1.82, 2.24) is 10.2 Å². The molecule has 1 saturated heterocycles. The third kappa shape index (κ3) is 2.11. The molecule has 10 heavy (non-hydrogen) atoms. The molecule has 62 valence electrons. The lowest BCUT2D eigenvalue weighted by atomic mass is 10.0. The van der Waals surface area contributed by atoms with Crippen LogP contribution in [0.2, 0.25) is 0 Å². The maximum atomic E-state index is 3.36. The lowest BCUT2D eigenvalue weighted by Crippen LogP contribution is -2.55. The average Bonchev–Trinajstić information content (AvgIpc) is 1.77. The second kappa shape index (κ2) is 3.56. The van der Waals surface area contributed by atoms with Gasteiger partial charge in [0.25, 0.3) is 0 Å². The zero-order chi connectivity index (χ0) is 6.91. The number of hydrogen-bond acceptors (Lipinski definition) is 2. The molecule has 0 aromatic heterocycles. The number of piperazine rings is 1. The molecule has 1 aliphatic rings. The van der Waals surface area contributed by atoms with Crippen molar-refractivity contribution in [2.45, 2.75) is 19.4 Å². The summed E-state index contributed by atoms with van der Waals surface area (Å²) in [6, 6.07) is 0. The van der Waals surface area contributed by atoms with E-state index in [9.17, 15) is 0 Å². The van der Waals surface area contributed by atoms with Crippen molar-refractivity contribution in [3.05, 3.63) is 0 Å². The zero-order valence-corrected chi connectivity index (χ0v) is 7.79. The molecule has 1 fully saturated rings. The highest BCUT2D eigenvalue weighted by Gasteiger charge is 2.25. The standard InChI is InChI=1S/C7H16N2.ClH/c1-7(2)6-8-4-5-9(7)3;/h8H,4-6H2,1-3H3;1H. The zero-order valence-electron chi connectivity index (χ0n) is 6.98. The summed E-state index contributed by atoms with van der Waals surface area (Å²) in [4.78, 5) is 2.39. The summed E-state index contributed by atoms with van der Waals surface area (Å²) in [5.41, 5.74) is 0.359. The highest BCUT2D eigenvalue weighted by atomic mass is 35.5. The Hall–Kier alpha value is 0.210. The van der Waals surface area contributed by atoms with Gasteiger partial charge in [0.05, 0.1) is 0 Å². The van der Waals surface area contributed by atoms with Gasteiger partial charge in [-0.2, -0.15) is 0 Å². The van der Waals surface area contributed by atoms with Crippen molar-refractivity contribution in [2.75, 3.05) is 26.7 Å². The van der Waals surface area contributed by atoms with Crippen LogP contribution in [0.4, 0.5) is 0 Å². The van der Waals surface area contributed by atoms with Gasteiger partial charge < -0.3 is 5.32 Å². The van der Waals surface area contributed by atoms with E-state index in [1.165, 1.54) is 6.54 Å². The molecule has 0 radical (unpaired) electrons. The second-order valence-corrected chi connectivity index (χ2v) is 3.41. The molecule has 0 aromatic carbocycles. The van der Waals surface area contributed by atoms with Crippen LogP contribution < -0.4 is 5.32 Å². The molecule has 1 heterocycles. The summed E-state index contributed by atoms with van der Waals surface area (Å²) in [7, 11) is 2.18. The summed E-state index contributed by atoms with van der Waals surface area (Å²) in [6.07, 6.45) is 0. The van der Waals surface area contributed by atoms with Gasteiger partial charge in [-0.3, -0.25) is 4.90 Å². The van der Waals surface area contributed by atoms with E-state index >= 15 is 0 Å². The topological polar surface area (TPSA) is 15.3 Å². The first-order valence-corrected chi connectivity index (χ1v) is 3.55. The van der Waals surface area contributed by atoms with Crippen molar-refractivity contribution in [3.8, 4) is 0 Å². The quantitative estimate of drug-likeness (QED) is 0.568. The lowest BCUT2D eigenvalue weighted by Gasteiger charge is -2.40. The number of likely N-dealkylation sites (N-methyl/N-ethyl adjacent to an activating group) is 1. The Morgan fingerprint density at radius 2 is 2.00 bits per heavy atom. The van der Waals surface area contributed by atoms with E-state index in [4.69, 9.17) is 0 Å². The Labute approximate surface area is 69.4 Å². The van der Waals surface area contributed by atoms with Gasteiger partial charge in [-0.15, -0.1) is 12.4 Å². The number of halogens is 1. The molecule has 0 unspecified atom stereocenters. The van der Waals surface area contributed by atoms with Crippen LogP contribution in [0.3, 0.4) is 0 Å². The Kier molecular flexibility index (Phi) is 3.63. The van der Waals surface area contributed by atoms with E-state index in [1.54, 1.807) is 0 Å². The molecule has 2 nitrogen and oxygen atoms in total. The van der Waals surface area contributed by atoms with Gasteiger partial charge in [0.15, 0.2) is 0 Å². The van der Waals surface area contributed by atoms with Crippen molar-refractivity contribution < 1.29 is 0 Å². The Morgan fingerprint density at radius 3 is 2.30 bits per heavy atom. The molecule has 1 N–H and O–H groups in total. The van der Waals surface area contributed by atoms with Gasteiger partial charge in [0, 0.05) is 25.2 Å². The number of hydrogen-bond donors (Lipinski definition) is 1. The van der Waals surface area contributed by atoms with Gasteiger partial charge >= 0.3 is 0 Å². The summed E-state index contributed by atoms with van der Waals surface area (Å²) < 4.78 is 0. The van der Waals surface area contributed by atoms with Crippen LogP contribution in [-0.2, 0) is 0 Å². The highest BCUT2D eigenvalue weighted by Crippen LogP contribution is 2.12. The fourth-order valence-electron chi connectivity index (χ4n) is 1.08. The molecular weight excluding hydrogens is 148 g/mol. The highest BCUT2D eigenvalue weighted by molar-refractivity contribution is 5.85. The molecule has 1 rings (SSSR count). The molecule has 0 spiro atoms. The molecule has 0 amide bonds. The third-order valence-corrected chi connectivity index (χ3v) is 2.21. The Balaban J connectivity index is 0.000000810. The van der Waals surface area contributed by atoms with E-state index in [0.29, 0.717) is 5.54 Å². The summed E-state index contributed by atoms with van der Waals surface area (Å²) in [5.74, 6) is 0. The van der Waals surface area contributed by atoms with E-state index in [-0.39, 0.29) is 12.4 Å². The number of nitrogens with one attached hydrogen (secondary N) is 1. The van der Waals surface area contributed by atoms with Crippen LogP contribution in [0.15, 0.2) is 0 Å². The van der Waals surface area contributed by atoms with Gasteiger partial charge in [0.1, 0.15) is 0 Å². The first-order valence-electron chi connectivity index (χ1n) is 3.55. The monoisotopic (exact) mass is 164 g/mol. The largest absolute Gasteiger partial charge is 0.314 e. The van der Waals surface area contributed by atoms with Crippen LogP contribution >= 0.6 is 12.4 Å².